The second-order valence-electron chi connectivity index (χ2n) is 7.51. The van der Waals surface area contributed by atoms with Crippen molar-refractivity contribution in [2.75, 3.05) is 17.3 Å². The highest BCUT2D eigenvalue weighted by molar-refractivity contribution is 5.97. The standard InChI is InChI=1S/C21H21N3O2/c1-24-17-8-7-14(10-13(17)6-9-18(24)25)22-21(26)23-20-16-11-12-4-2-3-5-15(12)19(16)20/h2-5,7-8,10,16,19-20H,6,9,11H2,1H3,(H2,22,23,26). The van der Waals surface area contributed by atoms with Crippen molar-refractivity contribution in [3.05, 3.63) is 59.2 Å². The quantitative estimate of drug-likeness (QED) is 0.877. The van der Waals surface area contributed by atoms with Crippen molar-refractivity contribution in [1.29, 1.82) is 0 Å². The van der Waals surface area contributed by atoms with Gasteiger partial charge in [-0.15, -0.1) is 0 Å². The number of carbonyl (C=O) groups is 2. The number of rotatable bonds is 2. The number of hydrogen-bond donors (Lipinski definition) is 2. The summed E-state index contributed by atoms with van der Waals surface area (Å²) < 4.78 is 0. The number of nitrogens with zero attached hydrogens (tertiary/aromatic N) is 1. The lowest BCUT2D eigenvalue weighted by molar-refractivity contribution is -0.118. The van der Waals surface area contributed by atoms with Crippen molar-refractivity contribution in [2.24, 2.45) is 5.92 Å². The fraction of sp³-hybridized carbons (Fsp3) is 0.333. The Morgan fingerprint density at radius 3 is 2.85 bits per heavy atom. The highest BCUT2D eigenvalue weighted by atomic mass is 16.2. The Labute approximate surface area is 152 Å². The van der Waals surface area contributed by atoms with Crippen molar-refractivity contribution >= 4 is 23.3 Å². The average molecular weight is 347 g/mol. The molecule has 1 aliphatic heterocycles. The fourth-order valence-corrected chi connectivity index (χ4v) is 4.60. The monoisotopic (exact) mass is 347 g/mol. The van der Waals surface area contributed by atoms with E-state index in [4.69, 9.17) is 0 Å². The van der Waals surface area contributed by atoms with Gasteiger partial charge in [0.2, 0.25) is 5.91 Å². The number of urea groups is 1. The molecule has 2 aliphatic carbocycles. The van der Waals surface area contributed by atoms with Crippen LogP contribution in [0.4, 0.5) is 16.2 Å². The molecule has 26 heavy (non-hydrogen) atoms. The summed E-state index contributed by atoms with van der Waals surface area (Å²) >= 11 is 0. The van der Waals surface area contributed by atoms with Gasteiger partial charge in [0.05, 0.1) is 0 Å². The molecule has 1 saturated carbocycles. The molecule has 2 aromatic rings. The lowest BCUT2D eigenvalue weighted by Gasteiger charge is -2.26. The predicted molar refractivity (Wildman–Crippen MR) is 100 cm³/mol. The zero-order chi connectivity index (χ0) is 17.8. The largest absolute Gasteiger partial charge is 0.334 e. The van der Waals surface area contributed by atoms with E-state index in [2.05, 4.69) is 34.9 Å². The van der Waals surface area contributed by atoms with E-state index in [-0.39, 0.29) is 18.0 Å². The van der Waals surface area contributed by atoms with Crippen LogP contribution in [0.3, 0.4) is 0 Å². The third-order valence-electron chi connectivity index (χ3n) is 6.02. The predicted octanol–water partition coefficient (Wildman–Crippen LogP) is 3.06. The SMILES string of the molecule is CN1C(=O)CCc2cc(NC(=O)NC3C4Cc5ccccc5C43)ccc21. The first kappa shape index (κ1) is 15.4. The smallest absolute Gasteiger partial charge is 0.319 e. The summed E-state index contributed by atoms with van der Waals surface area (Å²) in [5.74, 6) is 1.15. The molecular weight excluding hydrogens is 326 g/mol. The van der Waals surface area contributed by atoms with E-state index in [0.717, 1.165) is 29.8 Å². The van der Waals surface area contributed by atoms with E-state index < -0.39 is 0 Å². The van der Waals surface area contributed by atoms with Crippen LogP contribution < -0.4 is 15.5 Å². The first-order chi connectivity index (χ1) is 12.6. The highest BCUT2D eigenvalue weighted by Crippen LogP contribution is 2.56. The third-order valence-corrected chi connectivity index (χ3v) is 6.02. The van der Waals surface area contributed by atoms with E-state index >= 15 is 0 Å². The number of nitrogens with one attached hydrogen (secondary N) is 2. The van der Waals surface area contributed by atoms with Gasteiger partial charge < -0.3 is 15.5 Å². The lowest BCUT2D eigenvalue weighted by Crippen LogP contribution is -2.33. The van der Waals surface area contributed by atoms with Gasteiger partial charge in [0, 0.05) is 36.8 Å². The van der Waals surface area contributed by atoms with Gasteiger partial charge in [0.15, 0.2) is 0 Å². The Kier molecular flexibility index (Phi) is 3.32. The van der Waals surface area contributed by atoms with Gasteiger partial charge in [-0.05, 0) is 53.6 Å². The molecule has 0 radical (unpaired) electrons. The second-order valence-corrected chi connectivity index (χ2v) is 7.51. The van der Waals surface area contributed by atoms with Gasteiger partial charge in [-0.2, -0.15) is 0 Å². The number of amides is 3. The molecular formula is C21H21N3O2. The number of hydrogen-bond acceptors (Lipinski definition) is 2. The van der Waals surface area contributed by atoms with Gasteiger partial charge in [0.25, 0.3) is 0 Å². The number of benzene rings is 2. The average Bonchev–Trinajstić information content (AvgIpc) is 3.14. The minimum atomic E-state index is -0.151. The highest BCUT2D eigenvalue weighted by Gasteiger charge is 2.56. The normalized spacial score (nSPS) is 25.2. The third kappa shape index (κ3) is 2.38. The minimum Gasteiger partial charge on any atom is -0.334 e. The molecule has 5 rings (SSSR count). The van der Waals surface area contributed by atoms with Crippen molar-refractivity contribution in [3.63, 3.8) is 0 Å². The fourth-order valence-electron chi connectivity index (χ4n) is 4.60. The summed E-state index contributed by atoms with van der Waals surface area (Å²) in [5.41, 5.74) is 5.62. The molecule has 5 nitrogen and oxygen atoms in total. The maximum Gasteiger partial charge on any atom is 0.319 e. The summed E-state index contributed by atoms with van der Waals surface area (Å²) in [4.78, 5) is 25.9. The molecule has 2 aromatic carbocycles. The second kappa shape index (κ2) is 5.59. The first-order valence-corrected chi connectivity index (χ1v) is 9.16. The maximum absolute atomic E-state index is 12.4. The molecule has 132 valence electrons. The van der Waals surface area contributed by atoms with Crippen LogP contribution in [0.1, 0.15) is 29.0 Å². The molecule has 3 aliphatic rings. The van der Waals surface area contributed by atoms with Crippen molar-refractivity contribution in [1.82, 2.24) is 5.32 Å². The number of anilines is 2. The van der Waals surface area contributed by atoms with Crippen LogP contribution >= 0.6 is 0 Å². The summed E-state index contributed by atoms with van der Waals surface area (Å²) in [6, 6.07) is 14.4. The van der Waals surface area contributed by atoms with E-state index in [0.29, 0.717) is 18.3 Å². The molecule has 0 aromatic heterocycles. The minimum absolute atomic E-state index is 0.136. The van der Waals surface area contributed by atoms with Gasteiger partial charge in [-0.25, -0.2) is 4.79 Å². The van der Waals surface area contributed by atoms with Crippen LogP contribution in [0.25, 0.3) is 0 Å². The van der Waals surface area contributed by atoms with Crippen LogP contribution in [0, 0.1) is 5.92 Å². The molecule has 0 spiro atoms. The molecule has 1 heterocycles. The summed E-state index contributed by atoms with van der Waals surface area (Å²) in [6.45, 7) is 0. The van der Waals surface area contributed by atoms with E-state index in [9.17, 15) is 9.59 Å². The molecule has 0 saturated heterocycles. The topological polar surface area (TPSA) is 61.4 Å². The molecule has 3 amide bonds. The maximum atomic E-state index is 12.4. The lowest BCUT2D eigenvalue weighted by atomic mass is 10.0. The van der Waals surface area contributed by atoms with Gasteiger partial charge in [-0.3, -0.25) is 4.79 Å². The van der Waals surface area contributed by atoms with E-state index in [1.54, 1.807) is 11.9 Å². The molecule has 0 bridgehead atoms. The van der Waals surface area contributed by atoms with E-state index in [1.807, 2.05) is 18.2 Å². The number of carbonyl (C=O) groups excluding carboxylic acids is 2. The van der Waals surface area contributed by atoms with E-state index in [1.165, 1.54) is 11.1 Å². The molecule has 1 fully saturated rings. The molecule has 2 N–H and O–H groups in total. The Morgan fingerprint density at radius 1 is 1.12 bits per heavy atom. The van der Waals surface area contributed by atoms with Crippen LogP contribution in [-0.2, 0) is 17.6 Å². The van der Waals surface area contributed by atoms with Crippen molar-refractivity contribution in [2.45, 2.75) is 31.2 Å². The number of fused-ring (bicyclic) bond motifs is 4. The zero-order valence-electron chi connectivity index (χ0n) is 14.7. The molecule has 5 heteroatoms. The number of aryl methyl sites for hydroxylation is 1. The Morgan fingerprint density at radius 2 is 1.96 bits per heavy atom. The Balaban J connectivity index is 1.25. The Hall–Kier alpha value is -2.82. The van der Waals surface area contributed by atoms with Crippen LogP contribution in [0.2, 0.25) is 0 Å². The van der Waals surface area contributed by atoms with Gasteiger partial charge in [0.1, 0.15) is 0 Å². The zero-order valence-corrected chi connectivity index (χ0v) is 14.7. The summed E-state index contributed by atoms with van der Waals surface area (Å²) in [5, 5.41) is 6.08. The Bertz CT molecular complexity index is 923. The molecule has 3 atom stereocenters. The van der Waals surface area contributed by atoms with Crippen molar-refractivity contribution in [3.8, 4) is 0 Å². The summed E-state index contributed by atoms with van der Waals surface area (Å²) in [7, 11) is 1.80. The first-order valence-electron chi connectivity index (χ1n) is 9.16. The molecule has 3 unspecified atom stereocenters. The van der Waals surface area contributed by atoms with Gasteiger partial charge >= 0.3 is 6.03 Å². The van der Waals surface area contributed by atoms with Crippen LogP contribution in [-0.4, -0.2) is 25.0 Å². The van der Waals surface area contributed by atoms with Gasteiger partial charge in [-0.1, -0.05) is 24.3 Å². The van der Waals surface area contributed by atoms with Crippen molar-refractivity contribution < 1.29 is 9.59 Å². The summed E-state index contributed by atoms with van der Waals surface area (Å²) in [6.07, 6.45) is 2.30. The van der Waals surface area contributed by atoms with Crippen LogP contribution in [0.15, 0.2) is 42.5 Å². The van der Waals surface area contributed by atoms with Crippen LogP contribution in [0.5, 0.6) is 0 Å².